The zero-order chi connectivity index (χ0) is 16.9. The molecule has 1 aliphatic heterocycles. The number of nitrogens with zero attached hydrogens (tertiary/aromatic N) is 1. The fourth-order valence-corrected chi connectivity index (χ4v) is 3.30. The number of carboxylic acids is 1. The Hall–Kier alpha value is -1.88. The van der Waals surface area contributed by atoms with Crippen LogP contribution in [0.5, 0.6) is 0 Å². The minimum absolute atomic E-state index is 0.0674. The Morgan fingerprint density at radius 2 is 2.00 bits per heavy atom. The SMILES string of the molecule is CCC(CNC(=O)[C@@H]1CCCCN1C)(C(=O)O)c1ccccc1. The molecule has 0 saturated carbocycles. The molecule has 1 saturated heterocycles. The molecule has 1 amide bonds. The summed E-state index contributed by atoms with van der Waals surface area (Å²) in [5.74, 6) is -0.967. The molecule has 23 heavy (non-hydrogen) atoms. The molecule has 2 N–H and O–H groups in total. The number of hydrogen-bond donors (Lipinski definition) is 2. The quantitative estimate of drug-likeness (QED) is 0.842. The zero-order valence-corrected chi connectivity index (χ0v) is 13.9. The molecule has 1 unspecified atom stereocenters. The van der Waals surface area contributed by atoms with Gasteiger partial charge in [0.25, 0.3) is 0 Å². The lowest BCUT2D eigenvalue weighted by atomic mass is 9.78. The third-order valence-electron chi connectivity index (χ3n) is 4.98. The van der Waals surface area contributed by atoms with Crippen molar-refractivity contribution in [2.45, 2.75) is 44.1 Å². The number of nitrogens with one attached hydrogen (secondary N) is 1. The number of likely N-dealkylation sites (tertiary alicyclic amines) is 1. The number of amides is 1. The van der Waals surface area contributed by atoms with E-state index < -0.39 is 11.4 Å². The van der Waals surface area contributed by atoms with Crippen molar-refractivity contribution in [1.29, 1.82) is 0 Å². The van der Waals surface area contributed by atoms with E-state index in [0.717, 1.165) is 31.4 Å². The van der Waals surface area contributed by atoms with E-state index >= 15 is 0 Å². The monoisotopic (exact) mass is 318 g/mol. The van der Waals surface area contributed by atoms with Crippen LogP contribution in [-0.4, -0.2) is 48.1 Å². The molecule has 0 radical (unpaired) electrons. The Bertz CT molecular complexity index is 546. The van der Waals surface area contributed by atoms with Crippen molar-refractivity contribution in [3.8, 4) is 0 Å². The van der Waals surface area contributed by atoms with Crippen LogP contribution in [-0.2, 0) is 15.0 Å². The average molecular weight is 318 g/mol. The van der Waals surface area contributed by atoms with Crippen LogP contribution in [0.4, 0.5) is 0 Å². The van der Waals surface area contributed by atoms with Gasteiger partial charge in [-0.25, -0.2) is 0 Å². The average Bonchev–Trinajstić information content (AvgIpc) is 2.56. The van der Waals surface area contributed by atoms with E-state index in [1.54, 1.807) is 0 Å². The fourth-order valence-electron chi connectivity index (χ4n) is 3.30. The normalized spacial score (nSPS) is 21.4. The number of carbonyl (C=O) groups is 2. The Morgan fingerprint density at radius 3 is 2.57 bits per heavy atom. The Kier molecular flexibility index (Phi) is 5.77. The third kappa shape index (κ3) is 3.72. The van der Waals surface area contributed by atoms with Crippen LogP contribution in [0.15, 0.2) is 30.3 Å². The maximum absolute atomic E-state index is 12.5. The van der Waals surface area contributed by atoms with Gasteiger partial charge < -0.3 is 10.4 Å². The van der Waals surface area contributed by atoms with Gasteiger partial charge in [0.1, 0.15) is 5.41 Å². The van der Waals surface area contributed by atoms with Crippen molar-refractivity contribution in [2.75, 3.05) is 20.1 Å². The molecule has 0 bridgehead atoms. The summed E-state index contributed by atoms with van der Waals surface area (Å²) < 4.78 is 0. The van der Waals surface area contributed by atoms with E-state index in [9.17, 15) is 14.7 Å². The molecule has 0 aliphatic carbocycles. The maximum atomic E-state index is 12.5. The highest BCUT2D eigenvalue weighted by Crippen LogP contribution is 2.28. The van der Waals surface area contributed by atoms with Gasteiger partial charge in [-0.1, -0.05) is 43.7 Å². The molecule has 2 rings (SSSR count). The molecular weight excluding hydrogens is 292 g/mol. The number of hydrogen-bond acceptors (Lipinski definition) is 3. The molecule has 2 atom stereocenters. The first-order valence-electron chi connectivity index (χ1n) is 8.28. The van der Waals surface area contributed by atoms with E-state index in [1.807, 2.05) is 44.3 Å². The van der Waals surface area contributed by atoms with E-state index in [-0.39, 0.29) is 18.5 Å². The van der Waals surface area contributed by atoms with E-state index in [4.69, 9.17) is 0 Å². The van der Waals surface area contributed by atoms with Gasteiger partial charge in [-0.05, 0) is 38.4 Å². The molecule has 5 heteroatoms. The van der Waals surface area contributed by atoms with Gasteiger partial charge in [0.05, 0.1) is 6.04 Å². The number of aliphatic carboxylic acids is 1. The fraction of sp³-hybridized carbons (Fsp3) is 0.556. The number of carbonyl (C=O) groups excluding carboxylic acids is 1. The number of likely N-dealkylation sites (N-methyl/N-ethyl adjacent to an activating group) is 1. The van der Waals surface area contributed by atoms with Gasteiger partial charge in [0, 0.05) is 6.54 Å². The van der Waals surface area contributed by atoms with Gasteiger partial charge in [0.2, 0.25) is 5.91 Å². The predicted octanol–water partition coefficient (Wildman–Crippen LogP) is 2.02. The Balaban J connectivity index is 2.13. The maximum Gasteiger partial charge on any atom is 0.315 e. The van der Waals surface area contributed by atoms with Gasteiger partial charge in [-0.3, -0.25) is 14.5 Å². The molecular formula is C18H26N2O3. The Labute approximate surface area is 137 Å². The van der Waals surface area contributed by atoms with Crippen molar-refractivity contribution in [3.63, 3.8) is 0 Å². The summed E-state index contributed by atoms with van der Waals surface area (Å²) in [7, 11) is 1.95. The van der Waals surface area contributed by atoms with Gasteiger partial charge >= 0.3 is 5.97 Å². The summed E-state index contributed by atoms with van der Waals surface area (Å²) in [6.07, 6.45) is 3.41. The summed E-state index contributed by atoms with van der Waals surface area (Å²) >= 11 is 0. The van der Waals surface area contributed by atoms with E-state index in [2.05, 4.69) is 10.2 Å². The van der Waals surface area contributed by atoms with E-state index in [0.29, 0.717) is 6.42 Å². The van der Waals surface area contributed by atoms with Crippen molar-refractivity contribution in [3.05, 3.63) is 35.9 Å². The smallest absolute Gasteiger partial charge is 0.315 e. The number of benzene rings is 1. The second kappa shape index (κ2) is 7.59. The van der Waals surface area contributed by atoms with Gasteiger partial charge in [-0.15, -0.1) is 0 Å². The second-order valence-electron chi connectivity index (χ2n) is 6.32. The van der Waals surface area contributed by atoms with Crippen molar-refractivity contribution in [2.24, 2.45) is 0 Å². The minimum Gasteiger partial charge on any atom is -0.481 e. The first-order valence-corrected chi connectivity index (χ1v) is 8.28. The predicted molar refractivity (Wildman–Crippen MR) is 89.3 cm³/mol. The first kappa shape index (κ1) is 17.5. The van der Waals surface area contributed by atoms with Crippen LogP contribution in [0.3, 0.4) is 0 Å². The molecule has 126 valence electrons. The van der Waals surface area contributed by atoms with Crippen LogP contribution in [0.1, 0.15) is 38.2 Å². The summed E-state index contributed by atoms with van der Waals surface area (Å²) in [4.78, 5) is 26.5. The van der Waals surface area contributed by atoms with Gasteiger partial charge in [0.15, 0.2) is 0 Å². The highest BCUT2D eigenvalue weighted by Gasteiger charge is 2.39. The van der Waals surface area contributed by atoms with Crippen LogP contribution in [0.2, 0.25) is 0 Å². The lowest BCUT2D eigenvalue weighted by Gasteiger charge is -2.33. The number of rotatable bonds is 6. The minimum atomic E-state index is -1.08. The standard InChI is InChI=1S/C18H26N2O3/c1-3-18(17(22)23,14-9-5-4-6-10-14)13-19-16(21)15-11-7-8-12-20(15)2/h4-6,9-10,15H,3,7-8,11-13H2,1-2H3,(H,19,21)(H,22,23)/t15-,18?/m0/s1. The molecule has 1 aliphatic rings. The summed E-state index contributed by atoms with van der Waals surface area (Å²) in [6.45, 7) is 2.88. The highest BCUT2D eigenvalue weighted by molar-refractivity contribution is 5.85. The van der Waals surface area contributed by atoms with Crippen molar-refractivity contribution in [1.82, 2.24) is 10.2 Å². The summed E-state index contributed by atoms with van der Waals surface area (Å²) in [5.41, 5.74) is -0.350. The van der Waals surface area contributed by atoms with Gasteiger partial charge in [-0.2, -0.15) is 0 Å². The van der Waals surface area contributed by atoms with Crippen LogP contribution in [0.25, 0.3) is 0 Å². The number of piperidine rings is 1. The lowest BCUT2D eigenvalue weighted by molar-refractivity contribution is -0.144. The van der Waals surface area contributed by atoms with Crippen LogP contribution in [0, 0.1) is 0 Å². The summed E-state index contributed by atoms with van der Waals surface area (Å²) in [6, 6.07) is 9.01. The topological polar surface area (TPSA) is 69.6 Å². The molecule has 5 nitrogen and oxygen atoms in total. The van der Waals surface area contributed by atoms with Crippen LogP contribution >= 0.6 is 0 Å². The third-order valence-corrected chi connectivity index (χ3v) is 4.98. The zero-order valence-electron chi connectivity index (χ0n) is 13.9. The summed E-state index contributed by atoms with van der Waals surface area (Å²) in [5, 5.41) is 12.7. The number of carboxylic acid groups (broad SMARTS) is 1. The molecule has 1 aromatic rings. The molecule has 1 fully saturated rings. The first-order chi connectivity index (χ1) is 11.0. The highest BCUT2D eigenvalue weighted by atomic mass is 16.4. The Morgan fingerprint density at radius 1 is 1.30 bits per heavy atom. The van der Waals surface area contributed by atoms with Crippen molar-refractivity contribution < 1.29 is 14.7 Å². The van der Waals surface area contributed by atoms with E-state index in [1.165, 1.54) is 0 Å². The van der Waals surface area contributed by atoms with Crippen molar-refractivity contribution >= 4 is 11.9 Å². The largest absolute Gasteiger partial charge is 0.481 e. The van der Waals surface area contributed by atoms with Crippen LogP contribution < -0.4 is 5.32 Å². The molecule has 1 heterocycles. The second-order valence-corrected chi connectivity index (χ2v) is 6.32. The molecule has 0 aromatic heterocycles. The lowest BCUT2D eigenvalue weighted by Crippen LogP contribution is -2.52. The molecule has 1 aromatic carbocycles. The molecule has 0 spiro atoms.